The second-order valence-corrected chi connectivity index (χ2v) is 9.63. The van der Waals surface area contributed by atoms with Crippen molar-refractivity contribution in [1.29, 1.82) is 0 Å². The number of amides is 1. The predicted molar refractivity (Wildman–Crippen MR) is 139 cm³/mol. The van der Waals surface area contributed by atoms with Crippen molar-refractivity contribution in [3.05, 3.63) is 70.3 Å². The normalized spacial score (nSPS) is 21.8. The zero-order chi connectivity index (χ0) is 26.1. The second kappa shape index (κ2) is 13.5. The molecule has 1 saturated heterocycles. The molecule has 7 heteroatoms. The summed E-state index contributed by atoms with van der Waals surface area (Å²) in [6, 6.07) is 14.3. The Bertz CT molecular complexity index is 1030. The van der Waals surface area contributed by atoms with Crippen LogP contribution < -0.4 is 5.32 Å². The third-order valence-electron chi connectivity index (χ3n) is 6.67. The first-order valence-corrected chi connectivity index (χ1v) is 12.5. The number of carbonyl (C=O) groups excluding carboxylic acids is 1. The van der Waals surface area contributed by atoms with E-state index in [2.05, 4.69) is 35.5 Å². The van der Waals surface area contributed by atoms with Crippen LogP contribution in [0.3, 0.4) is 0 Å². The Morgan fingerprint density at radius 3 is 2.58 bits per heavy atom. The van der Waals surface area contributed by atoms with Crippen molar-refractivity contribution in [3.63, 3.8) is 0 Å². The minimum absolute atomic E-state index is 0.0148. The number of rotatable bonds is 11. The topological polar surface area (TPSA) is 102 Å². The smallest absolute Gasteiger partial charge is 0.220 e. The first-order chi connectivity index (χ1) is 17.3. The fraction of sp³-hybridized carbons (Fsp3) is 0.483. The molecule has 36 heavy (non-hydrogen) atoms. The molecular formula is C29H38N2O5. The highest BCUT2D eigenvalue weighted by atomic mass is 16.5. The van der Waals surface area contributed by atoms with Gasteiger partial charge in [-0.1, -0.05) is 48.4 Å². The number of ether oxygens (including phenoxy) is 1. The van der Waals surface area contributed by atoms with Crippen LogP contribution in [0, 0.1) is 19.3 Å². The quantitative estimate of drug-likeness (QED) is 0.355. The number of nitrogens with one attached hydrogen (secondary N) is 1. The second-order valence-electron chi connectivity index (χ2n) is 9.63. The summed E-state index contributed by atoms with van der Waals surface area (Å²) < 4.78 is 5.62. The monoisotopic (exact) mass is 494 g/mol. The summed E-state index contributed by atoms with van der Waals surface area (Å²) in [7, 11) is 1.93. The molecule has 0 aromatic heterocycles. The molecule has 0 bridgehead atoms. The van der Waals surface area contributed by atoms with Crippen molar-refractivity contribution < 1.29 is 24.9 Å². The SMILES string of the molecule is C#CCN(C)CCNC(=O)CCCc1ccc(Cc2cc([C@@H]3OC[C@@H](O)[C@H](O)[C@H]3O)ccc2C)cc1. The molecule has 4 N–H and O–H groups in total. The fourth-order valence-electron chi connectivity index (χ4n) is 4.36. The molecular weight excluding hydrogens is 456 g/mol. The van der Waals surface area contributed by atoms with E-state index in [-0.39, 0.29) is 12.5 Å². The van der Waals surface area contributed by atoms with Gasteiger partial charge >= 0.3 is 0 Å². The van der Waals surface area contributed by atoms with Gasteiger partial charge in [-0.15, -0.1) is 6.42 Å². The van der Waals surface area contributed by atoms with Crippen molar-refractivity contribution in [2.24, 2.45) is 0 Å². The molecule has 4 atom stereocenters. The predicted octanol–water partition coefficient (Wildman–Crippen LogP) is 1.74. The molecule has 0 unspecified atom stereocenters. The average Bonchev–Trinajstić information content (AvgIpc) is 2.85. The van der Waals surface area contributed by atoms with Crippen LogP contribution in [0.15, 0.2) is 42.5 Å². The Morgan fingerprint density at radius 1 is 1.14 bits per heavy atom. The first-order valence-electron chi connectivity index (χ1n) is 12.5. The Hall–Kier alpha value is -2.73. The number of aryl methyl sites for hydroxylation is 2. The van der Waals surface area contributed by atoms with Gasteiger partial charge in [0.2, 0.25) is 5.91 Å². The molecule has 2 aromatic carbocycles. The minimum atomic E-state index is -1.23. The largest absolute Gasteiger partial charge is 0.388 e. The number of carbonyl (C=O) groups is 1. The van der Waals surface area contributed by atoms with Crippen LogP contribution in [0.1, 0.15) is 46.8 Å². The molecule has 0 saturated carbocycles. The van der Waals surface area contributed by atoms with Crippen molar-refractivity contribution >= 4 is 5.91 Å². The van der Waals surface area contributed by atoms with E-state index in [0.29, 0.717) is 19.5 Å². The third kappa shape index (κ3) is 7.89. The number of hydrogen-bond acceptors (Lipinski definition) is 6. The third-order valence-corrected chi connectivity index (χ3v) is 6.67. The summed E-state index contributed by atoms with van der Waals surface area (Å²) >= 11 is 0. The molecule has 1 aliphatic heterocycles. The van der Waals surface area contributed by atoms with Crippen LogP contribution in [0.5, 0.6) is 0 Å². The summed E-state index contributed by atoms with van der Waals surface area (Å²) in [5.41, 5.74) is 5.38. The van der Waals surface area contributed by atoms with Gasteiger partial charge in [0.1, 0.15) is 24.4 Å². The van der Waals surface area contributed by atoms with E-state index in [4.69, 9.17) is 11.2 Å². The first kappa shape index (κ1) is 27.9. The lowest BCUT2D eigenvalue weighted by molar-refractivity contribution is -0.189. The van der Waals surface area contributed by atoms with Crippen LogP contribution in [0.4, 0.5) is 0 Å². The number of benzene rings is 2. The van der Waals surface area contributed by atoms with Crippen LogP contribution >= 0.6 is 0 Å². The zero-order valence-electron chi connectivity index (χ0n) is 21.2. The number of hydrogen-bond donors (Lipinski definition) is 4. The van der Waals surface area contributed by atoms with Crippen LogP contribution in [-0.4, -0.2) is 77.7 Å². The number of nitrogens with zero attached hydrogens (tertiary/aromatic N) is 1. The summed E-state index contributed by atoms with van der Waals surface area (Å²) in [6.45, 7) is 3.94. The average molecular weight is 495 g/mol. The van der Waals surface area contributed by atoms with Crippen molar-refractivity contribution in [2.75, 3.05) is 33.3 Å². The molecule has 1 heterocycles. The highest BCUT2D eigenvalue weighted by Gasteiger charge is 2.38. The maximum absolute atomic E-state index is 12.0. The molecule has 1 aliphatic rings. The van der Waals surface area contributed by atoms with E-state index in [1.807, 2.05) is 37.1 Å². The van der Waals surface area contributed by atoms with E-state index >= 15 is 0 Å². The maximum atomic E-state index is 12.0. The van der Waals surface area contributed by atoms with Gasteiger partial charge in [-0.25, -0.2) is 0 Å². The van der Waals surface area contributed by atoms with Gasteiger partial charge in [0.05, 0.1) is 13.2 Å². The number of likely N-dealkylation sites (N-methyl/N-ethyl adjacent to an activating group) is 1. The van der Waals surface area contributed by atoms with Gasteiger partial charge in [0.15, 0.2) is 0 Å². The Morgan fingerprint density at radius 2 is 1.86 bits per heavy atom. The number of aliphatic hydroxyl groups is 3. The van der Waals surface area contributed by atoms with Crippen molar-refractivity contribution in [3.8, 4) is 12.3 Å². The van der Waals surface area contributed by atoms with E-state index in [9.17, 15) is 20.1 Å². The van der Waals surface area contributed by atoms with Crippen LogP contribution in [0.2, 0.25) is 0 Å². The molecule has 1 fully saturated rings. The molecule has 0 radical (unpaired) electrons. The summed E-state index contributed by atoms with van der Waals surface area (Å²) in [4.78, 5) is 14.0. The summed E-state index contributed by atoms with van der Waals surface area (Å²) in [5, 5.41) is 33.0. The van der Waals surface area contributed by atoms with Crippen LogP contribution in [0.25, 0.3) is 0 Å². The van der Waals surface area contributed by atoms with E-state index in [1.165, 1.54) is 5.56 Å². The van der Waals surface area contributed by atoms with E-state index < -0.39 is 24.4 Å². The minimum Gasteiger partial charge on any atom is -0.388 e. The Kier molecular flexibility index (Phi) is 10.5. The lowest BCUT2D eigenvalue weighted by atomic mass is 9.91. The van der Waals surface area contributed by atoms with Gasteiger partial charge in [0.25, 0.3) is 0 Å². The van der Waals surface area contributed by atoms with E-state index in [1.54, 1.807) is 0 Å². The van der Waals surface area contributed by atoms with Gasteiger partial charge in [-0.2, -0.15) is 0 Å². The van der Waals surface area contributed by atoms with Gasteiger partial charge in [0, 0.05) is 19.5 Å². The van der Waals surface area contributed by atoms with Gasteiger partial charge < -0.3 is 25.4 Å². The van der Waals surface area contributed by atoms with E-state index in [0.717, 1.165) is 48.1 Å². The molecule has 7 nitrogen and oxygen atoms in total. The molecule has 1 amide bonds. The highest BCUT2D eigenvalue weighted by molar-refractivity contribution is 5.75. The molecule has 2 aromatic rings. The number of terminal acetylenes is 1. The number of aliphatic hydroxyl groups excluding tert-OH is 3. The van der Waals surface area contributed by atoms with Crippen LogP contribution in [-0.2, 0) is 22.4 Å². The van der Waals surface area contributed by atoms with Gasteiger partial charge in [-0.05, 0) is 61.1 Å². The summed E-state index contributed by atoms with van der Waals surface area (Å²) in [6.07, 6.45) is 3.96. The lowest BCUT2D eigenvalue weighted by Crippen LogP contribution is -2.49. The molecule has 0 spiro atoms. The Labute approximate surface area is 214 Å². The van der Waals surface area contributed by atoms with Crippen molar-refractivity contribution in [1.82, 2.24) is 10.2 Å². The molecule has 194 valence electrons. The zero-order valence-corrected chi connectivity index (χ0v) is 21.2. The molecule has 3 rings (SSSR count). The Balaban J connectivity index is 1.49. The maximum Gasteiger partial charge on any atom is 0.220 e. The van der Waals surface area contributed by atoms with Gasteiger partial charge in [-0.3, -0.25) is 9.69 Å². The summed E-state index contributed by atoms with van der Waals surface area (Å²) in [5.74, 6) is 2.64. The lowest BCUT2D eigenvalue weighted by Gasteiger charge is -2.35. The fourth-order valence-corrected chi connectivity index (χ4v) is 4.36. The molecule has 0 aliphatic carbocycles. The van der Waals surface area contributed by atoms with Crippen molar-refractivity contribution in [2.45, 2.75) is 57.0 Å². The standard InChI is InChI=1S/C29H38N2O5/c1-4-15-31(3)16-14-30-26(33)7-5-6-21-9-11-22(12-10-21)17-24-18-23(13-8-20(24)2)29-28(35)27(34)25(32)19-36-29/h1,8-13,18,25,27-29,32,34-35H,5-7,14-17,19H2,2-3H3,(H,30,33)/t25-,27+,28-,29+/m1/s1. The highest BCUT2D eigenvalue weighted by Crippen LogP contribution is 2.30.